The topological polar surface area (TPSA) is 0 Å². The number of rotatable bonds is 4. The average Bonchev–Trinajstić information content (AvgIpc) is 2.03. The zero-order chi connectivity index (χ0) is 11.9. The second-order valence-corrected chi connectivity index (χ2v) is 7.42. The van der Waals surface area contributed by atoms with E-state index >= 15 is 0 Å². The van der Waals surface area contributed by atoms with E-state index in [4.69, 9.17) is 0 Å². The average molecular weight is 244 g/mol. The van der Waals surface area contributed by atoms with Crippen LogP contribution in [-0.4, -0.2) is 0 Å². The minimum Gasteiger partial charge on any atom is -0.0642 e. The Morgan fingerprint density at radius 3 is 0.722 bits per heavy atom. The largest absolute Gasteiger partial charge is 0.0642 e. The summed E-state index contributed by atoms with van der Waals surface area (Å²) in [7, 11) is 0. The van der Waals surface area contributed by atoms with Gasteiger partial charge in [0, 0.05) is 0 Å². The first-order valence-corrected chi connectivity index (χ1v) is 8.67. The molecule has 0 heterocycles. The molecule has 0 N–H and O–H groups in total. The summed E-state index contributed by atoms with van der Waals surface area (Å²) in [4.78, 5) is 0. The van der Waals surface area contributed by atoms with Crippen molar-refractivity contribution in [2.45, 2.75) is 77.0 Å². The lowest BCUT2D eigenvalue weighted by atomic mass is 9.59. The van der Waals surface area contributed by atoms with E-state index in [1.54, 1.807) is 0 Å². The van der Waals surface area contributed by atoms with Crippen molar-refractivity contribution in [3.8, 4) is 0 Å². The van der Waals surface area contributed by atoms with Crippen LogP contribution in [-0.2, 0) is 0 Å². The van der Waals surface area contributed by atoms with Crippen molar-refractivity contribution in [2.24, 2.45) is 23.7 Å². The molecule has 0 aromatic heterocycles. The summed E-state index contributed by atoms with van der Waals surface area (Å²) in [6, 6.07) is 0. The van der Waals surface area contributed by atoms with Crippen LogP contribution in [0.1, 0.15) is 77.0 Å². The molecule has 4 rings (SSSR count). The zero-order valence-electron chi connectivity index (χ0n) is 11.8. The Balaban J connectivity index is 1.66. The van der Waals surface area contributed by atoms with Crippen molar-refractivity contribution in [1.82, 2.24) is 0 Å². The van der Waals surface area contributed by atoms with Crippen LogP contribution >= 0.6 is 0 Å². The molecule has 0 radical (unpaired) electrons. The van der Waals surface area contributed by atoms with Gasteiger partial charge in [0.05, 0.1) is 0 Å². The van der Waals surface area contributed by atoms with Crippen LogP contribution in [0.15, 0.2) is 11.1 Å². The lowest BCUT2D eigenvalue weighted by molar-refractivity contribution is 0.228. The molecule has 0 saturated heterocycles. The van der Waals surface area contributed by atoms with E-state index in [0.717, 1.165) is 23.7 Å². The summed E-state index contributed by atoms with van der Waals surface area (Å²) in [5.74, 6) is 4.19. The van der Waals surface area contributed by atoms with Crippen LogP contribution < -0.4 is 0 Å². The van der Waals surface area contributed by atoms with Gasteiger partial charge in [-0.15, -0.1) is 0 Å². The SMILES string of the molecule is C1CC(C(=C(C2CCC2)C2CCC2)C2CCC2)C1. The summed E-state index contributed by atoms with van der Waals surface area (Å²) < 4.78 is 0. The van der Waals surface area contributed by atoms with E-state index in [1.165, 1.54) is 77.0 Å². The normalized spacial score (nSPS) is 30.0. The standard InChI is InChI=1S/C18H28/c1-5-13(6-1)17(14-7-2-8-14)18(15-9-3-10-15)16-11-4-12-16/h13-16H,1-12H2. The second kappa shape index (κ2) is 4.69. The van der Waals surface area contributed by atoms with Crippen LogP contribution in [0.2, 0.25) is 0 Å². The van der Waals surface area contributed by atoms with Crippen molar-refractivity contribution >= 4 is 0 Å². The Kier molecular flexibility index (Phi) is 3.01. The third-order valence-corrected chi connectivity index (χ3v) is 6.51. The van der Waals surface area contributed by atoms with Crippen molar-refractivity contribution in [2.75, 3.05) is 0 Å². The molecule has 18 heavy (non-hydrogen) atoms. The van der Waals surface area contributed by atoms with Crippen molar-refractivity contribution in [1.29, 1.82) is 0 Å². The number of allylic oxidation sites excluding steroid dienone is 2. The highest BCUT2D eigenvalue weighted by Crippen LogP contribution is 2.53. The molecule has 4 aliphatic carbocycles. The van der Waals surface area contributed by atoms with Gasteiger partial charge in [0.15, 0.2) is 0 Å². The summed E-state index contributed by atoms with van der Waals surface area (Å²) in [5.41, 5.74) is 4.11. The third kappa shape index (κ3) is 1.79. The van der Waals surface area contributed by atoms with Gasteiger partial charge in [-0.1, -0.05) is 36.8 Å². The first kappa shape index (κ1) is 11.6. The highest BCUT2D eigenvalue weighted by atomic mass is 14.4. The van der Waals surface area contributed by atoms with E-state index < -0.39 is 0 Å². The summed E-state index contributed by atoms with van der Waals surface area (Å²) in [6.07, 6.45) is 18.4. The maximum atomic E-state index is 2.06. The maximum absolute atomic E-state index is 2.06. The number of hydrogen-bond donors (Lipinski definition) is 0. The molecule has 0 bridgehead atoms. The monoisotopic (exact) mass is 244 g/mol. The van der Waals surface area contributed by atoms with E-state index in [9.17, 15) is 0 Å². The summed E-state index contributed by atoms with van der Waals surface area (Å²) >= 11 is 0. The molecule has 4 saturated carbocycles. The summed E-state index contributed by atoms with van der Waals surface area (Å²) in [5, 5.41) is 0. The highest BCUT2D eigenvalue weighted by molar-refractivity contribution is 5.29. The first-order chi connectivity index (χ1) is 8.93. The zero-order valence-corrected chi connectivity index (χ0v) is 11.8. The van der Waals surface area contributed by atoms with Crippen molar-refractivity contribution < 1.29 is 0 Å². The fourth-order valence-corrected chi connectivity index (χ4v) is 4.49. The predicted octanol–water partition coefficient (Wildman–Crippen LogP) is 5.48. The molecule has 0 aliphatic heterocycles. The van der Waals surface area contributed by atoms with Gasteiger partial charge in [-0.05, 0) is 75.0 Å². The molecular formula is C18H28. The number of hydrogen-bond acceptors (Lipinski definition) is 0. The molecule has 0 amide bonds. The molecule has 0 heteroatoms. The lowest BCUT2D eigenvalue weighted by Crippen LogP contribution is -2.33. The van der Waals surface area contributed by atoms with Crippen LogP contribution in [0.5, 0.6) is 0 Å². The van der Waals surface area contributed by atoms with Crippen LogP contribution in [0.25, 0.3) is 0 Å². The van der Waals surface area contributed by atoms with Crippen LogP contribution in [0.3, 0.4) is 0 Å². The van der Waals surface area contributed by atoms with Gasteiger partial charge in [0.1, 0.15) is 0 Å². The third-order valence-electron chi connectivity index (χ3n) is 6.51. The Labute approximate surface area is 112 Å². The maximum Gasteiger partial charge on any atom is -0.0198 e. The van der Waals surface area contributed by atoms with Gasteiger partial charge in [-0.3, -0.25) is 0 Å². The van der Waals surface area contributed by atoms with Gasteiger partial charge in [-0.25, -0.2) is 0 Å². The van der Waals surface area contributed by atoms with Gasteiger partial charge in [0.2, 0.25) is 0 Å². The van der Waals surface area contributed by atoms with Gasteiger partial charge >= 0.3 is 0 Å². The van der Waals surface area contributed by atoms with E-state index in [1.807, 2.05) is 0 Å². The minimum atomic E-state index is 1.05. The molecular weight excluding hydrogens is 216 g/mol. The molecule has 0 atom stereocenters. The van der Waals surface area contributed by atoms with Crippen LogP contribution in [0, 0.1) is 23.7 Å². The van der Waals surface area contributed by atoms with Crippen LogP contribution in [0.4, 0.5) is 0 Å². The molecule has 0 nitrogen and oxygen atoms in total. The fourth-order valence-electron chi connectivity index (χ4n) is 4.49. The van der Waals surface area contributed by atoms with Crippen molar-refractivity contribution in [3.05, 3.63) is 11.1 Å². The molecule has 0 spiro atoms. The van der Waals surface area contributed by atoms with E-state index in [-0.39, 0.29) is 0 Å². The first-order valence-electron chi connectivity index (χ1n) is 8.67. The Morgan fingerprint density at radius 1 is 0.389 bits per heavy atom. The smallest absolute Gasteiger partial charge is 0.0198 e. The van der Waals surface area contributed by atoms with Crippen molar-refractivity contribution in [3.63, 3.8) is 0 Å². The van der Waals surface area contributed by atoms with Gasteiger partial charge in [-0.2, -0.15) is 0 Å². The summed E-state index contributed by atoms with van der Waals surface area (Å²) in [6.45, 7) is 0. The molecule has 4 aliphatic rings. The van der Waals surface area contributed by atoms with E-state index in [0.29, 0.717) is 0 Å². The van der Waals surface area contributed by atoms with E-state index in [2.05, 4.69) is 11.1 Å². The highest BCUT2D eigenvalue weighted by Gasteiger charge is 2.39. The molecule has 0 aromatic carbocycles. The Morgan fingerprint density at radius 2 is 0.611 bits per heavy atom. The molecule has 100 valence electrons. The quantitative estimate of drug-likeness (QED) is 0.574. The fraction of sp³-hybridized carbons (Fsp3) is 0.889. The molecule has 0 unspecified atom stereocenters. The molecule has 0 aromatic rings. The van der Waals surface area contributed by atoms with Gasteiger partial charge in [0.25, 0.3) is 0 Å². The Bertz CT molecular complexity index is 269. The molecule has 4 fully saturated rings. The second-order valence-electron chi connectivity index (χ2n) is 7.42. The van der Waals surface area contributed by atoms with Gasteiger partial charge < -0.3 is 0 Å². The minimum absolute atomic E-state index is 1.05. The lowest BCUT2D eigenvalue weighted by Gasteiger charge is -2.46. The predicted molar refractivity (Wildman–Crippen MR) is 76.4 cm³/mol. The Hall–Kier alpha value is -0.260.